The lowest BCUT2D eigenvalue weighted by atomic mass is 9.96. The van der Waals surface area contributed by atoms with Gasteiger partial charge in [0.15, 0.2) is 5.13 Å². The van der Waals surface area contributed by atoms with Crippen LogP contribution in [0.4, 0.5) is 9.52 Å². The summed E-state index contributed by atoms with van der Waals surface area (Å²) in [5, 5.41) is 3.98. The van der Waals surface area contributed by atoms with Crippen molar-refractivity contribution in [2.45, 2.75) is 33.2 Å². The lowest BCUT2D eigenvalue weighted by Gasteiger charge is -2.31. The van der Waals surface area contributed by atoms with Crippen molar-refractivity contribution in [3.8, 4) is 0 Å². The van der Waals surface area contributed by atoms with Crippen LogP contribution in [0.25, 0.3) is 0 Å². The van der Waals surface area contributed by atoms with Gasteiger partial charge in [-0.25, -0.2) is 9.37 Å². The number of anilines is 1. The van der Waals surface area contributed by atoms with Gasteiger partial charge in [-0.2, -0.15) is 0 Å². The van der Waals surface area contributed by atoms with Gasteiger partial charge in [0.05, 0.1) is 0 Å². The molecule has 1 amide bonds. The number of aromatic nitrogens is 1. The number of rotatable bonds is 4. The van der Waals surface area contributed by atoms with Crippen molar-refractivity contribution >= 4 is 22.4 Å². The van der Waals surface area contributed by atoms with E-state index in [1.54, 1.807) is 24.3 Å². The Morgan fingerprint density at radius 2 is 2.12 bits per heavy atom. The minimum absolute atomic E-state index is 0.0256. The van der Waals surface area contributed by atoms with Crippen LogP contribution in [-0.4, -0.2) is 24.0 Å². The maximum absolute atomic E-state index is 13.5. The van der Waals surface area contributed by atoms with Gasteiger partial charge in [0.25, 0.3) is 0 Å². The number of hydrogen-bond donors (Lipinski definition) is 1. The van der Waals surface area contributed by atoms with Gasteiger partial charge < -0.3 is 10.2 Å². The van der Waals surface area contributed by atoms with E-state index in [9.17, 15) is 9.18 Å². The zero-order valence-corrected chi connectivity index (χ0v) is 14.8. The van der Waals surface area contributed by atoms with Crippen LogP contribution in [0.15, 0.2) is 24.4 Å². The van der Waals surface area contributed by atoms with Gasteiger partial charge in [0.2, 0.25) is 5.91 Å². The molecule has 0 saturated carbocycles. The Morgan fingerprint density at radius 3 is 2.75 bits per heavy atom. The quantitative estimate of drug-likeness (QED) is 0.922. The summed E-state index contributed by atoms with van der Waals surface area (Å²) in [7, 11) is 0. The molecule has 1 aromatic carbocycles. The normalized spacial score (nSPS) is 15.5. The van der Waals surface area contributed by atoms with E-state index in [1.165, 1.54) is 10.9 Å². The molecule has 0 unspecified atom stereocenters. The number of benzene rings is 1. The van der Waals surface area contributed by atoms with E-state index in [0.29, 0.717) is 12.1 Å². The Hall–Kier alpha value is -1.95. The van der Waals surface area contributed by atoms with Gasteiger partial charge in [-0.15, -0.1) is 11.3 Å². The number of thiazole rings is 1. The van der Waals surface area contributed by atoms with Gasteiger partial charge in [0.1, 0.15) is 5.82 Å². The molecular formula is C18H22FN3OS. The largest absolute Gasteiger partial charge is 0.352 e. The van der Waals surface area contributed by atoms with E-state index >= 15 is 0 Å². The fourth-order valence-corrected chi connectivity index (χ4v) is 3.71. The lowest BCUT2D eigenvalue weighted by molar-refractivity contribution is -0.125. The van der Waals surface area contributed by atoms with Crippen LogP contribution >= 0.6 is 11.3 Å². The van der Waals surface area contributed by atoms with Crippen LogP contribution in [-0.2, 0) is 11.3 Å². The monoisotopic (exact) mass is 347 g/mol. The maximum Gasteiger partial charge on any atom is 0.223 e. The Labute approximate surface area is 145 Å². The number of nitrogens with one attached hydrogen (secondary N) is 1. The molecule has 1 aromatic heterocycles. The highest BCUT2D eigenvalue weighted by molar-refractivity contribution is 7.15. The summed E-state index contributed by atoms with van der Waals surface area (Å²) in [6, 6.07) is 5.08. The van der Waals surface area contributed by atoms with Gasteiger partial charge in [-0.05, 0) is 43.9 Å². The molecule has 1 aliphatic rings. The van der Waals surface area contributed by atoms with Gasteiger partial charge in [-0.1, -0.05) is 12.1 Å². The number of carbonyl (C=O) groups is 1. The molecule has 6 heteroatoms. The number of aryl methyl sites for hydroxylation is 2. The van der Waals surface area contributed by atoms with E-state index in [1.807, 2.05) is 12.3 Å². The molecule has 0 aliphatic carbocycles. The van der Waals surface area contributed by atoms with Crippen molar-refractivity contribution < 1.29 is 9.18 Å². The van der Waals surface area contributed by atoms with Crippen LogP contribution in [0, 0.1) is 25.6 Å². The zero-order valence-electron chi connectivity index (χ0n) is 14.0. The summed E-state index contributed by atoms with van der Waals surface area (Å²) in [6.07, 6.45) is 3.54. The fourth-order valence-electron chi connectivity index (χ4n) is 2.90. The van der Waals surface area contributed by atoms with Crippen molar-refractivity contribution in [2.75, 3.05) is 18.0 Å². The maximum atomic E-state index is 13.5. The standard InChI is InChI=1S/C18H22FN3OS/c1-12-3-4-14(9-16(12)19)11-20-17(23)15-5-7-22(8-6-15)18-21-10-13(2)24-18/h3-4,9-10,15H,5-8,11H2,1-2H3,(H,20,23). The Kier molecular flexibility index (Phi) is 5.14. The molecule has 1 aliphatic heterocycles. The molecular weight excluding hydrogens is 325 g/mol. The topological polar surface area (TPSA) is 45.2 Å². The number of hydrogen-bond acceptors (Lipinski definition) is 4. The van der Waals surface area contributed by atoms with Crippen molar-refractivity contribution in [3.63, 3.8) is 0 Å². The summed E-state index contributed by atoms with van der Waals surface area (Å²) < 4.78 is 13.5. The first-order valence-electron chi connectivity index (χ1n) is 8.23. The van der Waals surface area contributed by atoms with Gasteiger partial charge >= 0.3 is 0 Å². The molecule has 2 aromatic rings. The molecule has 0 spiro atoms. The van der Waals surface area contributed by atoms with E-state index in [-0.39, 0.29) is 17.6 Å². The second-order valence-electron chi connectivity index (χ2n) is 6.32. The molecule has 128 valence electrons. The second kappa shape index (κ2) is 7.30. The highest BCUT2D eigenvalue weighted by atomic mass is 32.1. The predicted molar refractivity (Wildman–Crippen MR) is 94.8 cm³/mol. The summed E-state index contributed by atoms with van der Waals surface area (Å²) in [4.78, 5) is 20.2. The summed E-state index contributed by atoms with van der Waals surface area (Å²) in [6.45, 7) is 5.86. The van der Waals surface area contributed by atoms with E-state index in [0.717, 1.165) is 36.6 Å². The number of carbonyl (C=O) groups excluding carboxylic acids is 1. The molecule has 1 saturated heterocycles. The Morgan fingerprint density at radius 1 is 1.38 bits per heavy atom. The first-order valence-corrected chi connectivity index (χ1v) is 9.04. The highest BCUT2D eigenvalue weighted by Crippen LogP contribution is 2.27. The molecule has 1 N–H and O–H groups in total. The third-order valence-electron chi connectivity index (χ3n) is 4.45. The summed E-state index contributed by atoms with van der Waals surface area (Å²) in [5.74, 6) is -0.141. The average molecular weight is 347 g/mol. The predicted octanol–water partition coefficient (Wildman–Crippen LogP) is 3.43. The minimum Gasteiger partial charge on any atom is -0.352 e. The van der Waals surface area contributed by atoms with E-state index in [4.69, 9.17) is 0 Å². The number of piperidine rings is 1. The molecule has 24 heavy (non-hydrogen) atoms. The van der Waals surface area contributed by atoms with Gasteiger partial charge in [-0.3, -0.25) is 4.79 Å². The molecule has 0 radical (unpaired) electrons. The Bertz CT molecular complexity index is 723. The van der Waals surface area contributed by atoms with Crippen molar-refractivity contribution in [3.05, 3.63) is 46.2 Å². The van der Waals surface area contributed by atoms with Crippen molar-refractivity contribution in [1.82, 2.24) is 10.3 Å². The van der Waals surface area contributed by atoms with Crippen LogP contribution in [0.5, 0.6) is 0 Å². The average Bonchev–Trinajstić information content (AvgIpc) is 3.02. The van der Waals surface area contributed by atoms with Gasteiger partial charge in [0, 0.05) is 36.6 Å². The molecule has 2 heterocycles. The first-order chi connectivity index (χ1) is 11.5. The third kappa shape index (κ3) is 3.93. The second-order valence-corrected chi connectivity index (χ2v) is 7.53. The van der Waals surface area contributed by atoms with Crippen LogP contribution in [0.3, 0.4) is 0 Å². The molecule has 3 rings (SSSR count). The molecule has 1 fully saturated rings. The first kappa shape index (κ1) is 16.9. The molecule has 0 bridgehead atoms. The lowest BCUT2D eigenvalue weighted by Crippen LogP contribution is -2.40. The number of halogens is 1. The van der Waals surface area contributed by atoms with Crippen molar-refractivity contribution in [2.24, 2.45) is 5.92 Å². The van der Waals surface area contributed by atoms with Crippen LogP contribution < -0.4 is 10.2 Å². The molecule has 0 atom stereocenters. The fraction of sp³-hybridized carbons (Fsp3) is 0.444. The summed E-state index contributed by atoms with van der Waals surface area (Å²) in [5.41, 5.74) is 1.41. The smallest absolute Gasteiger partial charge is 0.223 e. The van der Waals surface area contributed by atoms with Crippen LogP contribution in [0.2, 0.25) is 0 Å². The molecule has 4 nitrogen and oxygen atoms in total. The summed E-state index contributed by atoms with van der Waals surface area (Å²) >= 11 is 1.69. The zero-order chi connectivity index (χ0) is 17.1. The number of nitrogens with zero attached hydrogens (tertiary/aromatic N) is 2. The highest BCUT2D eigenvalue weighted by Gasteiger charge is 2.26. The van der Waals surface area contributed by atoms with E-state index < -0.39 is 0 Å². The third-order valence-corrected chi connectivity index (χ3v) is 5.42. The minimum atomic E-state index is -0.228. The SMILES string of the molecule is Cc1cnc(N2CCC(C(=O)NCc3ccc(C)c(F)c3)CC2)s1. The Balaban J connectivity index is 1.49. The number of amides is 1. The van der Waals surface area contributed by atoms with Crippen LogP contribution in [0.1, 0.15) is 28.8 Å². The van der Waals surface area contributed by atoms with E-state index in [2.05, 4.69) is 22.1 Å². The van der Waals surface area contributed by atoms with Crippen molar-refractivity contribution in [1.29, 1.82) is 0 Å².